The first-order valence-electron chi connectivity index (χ1n) is 7.13. The van der Waals surface area contributed by atoms with Crippen molar-refractivity contribution in [3.05, 3.63) is 30.1 Å². The van der Waals surface area contributed by atoms with Crippen molar-refractivity contribution < 1.29 is 23.5 Å². The number of carbonyl (C=O) groups is 3. The normalized spacial score (nSPS) is 20.5. The minimum Gasteiger partial charge on any atom is -0.464 e. The lowest BCUT2D eigenvalue weighted by Crippen LogP contribution is -2.51. The van der Waals surface area contributed by atoms with Crippen molar-refractivity contribution in [2.45, 2.75) is 24.6 Å². The number of ether oxygens (including phenoxy) is 1. The molecule has 2 atom stereocenters. The summed E-state index contributed by atoms with van der Waals surface area (Å²) in [5, 5.41) is 4.60. The molecule has 0 bridgehead atoms. The summed E-state index contributed by atoms with van der Waals surface area (Å²) >= 11 is 1.24. The van der Waals surface area contributed by atoms with E-state index < -0.39 is 23.1 Å². The largest absolute Gasteiger partial charge is 0.464 e. The molecule has 2 amide bonds. The Kier molecular flexibility index (Phi) is 5.97. The number of anilines is 1. The third kappa shape index (κ3) is 4.95. The van der Waals surface area contributed by atoms with E-state index in [9.17, 15) is 18.8 Å². The van der Waals surface area contributed by atoms with Crippen LogP contribution in [0.2, 0.25) is 0 Å². The molecule has 1 fully saturated rings. The zero-order chi connectivity index (χ0) is 16.8. The number of esters is 1. The Bertz CT molecular complexity index is 594. The number of halogens is 1. The SMILES string of the molecule is CCOC(=O)[C@@H]1CS[C@@H](CC(=O)Nc2ccc(F)cc2)C(=O)N1. The van der Waals surface area contributed by atoms with Crippen LogP contribution in [0.15, 0.2) is 24.3 Å². The average molecular weight is 340 g/mol. The number of hydrogen-bond donors (Lipinski definition) is 2. The number of amides is 2. The van der Waals surface area contributed by atoms with Gasteiger partial charge < -0.3 is 15.4 Å². The van der Waals surface area contributed by atoms with Crippen LogP contribution in [0.1, 0.15) is 13.3 Å². The van der Waals surface area contributed by atoms with Crippen molar-refractivity contribution in [1.82, 2.24) is 5.32 Å². The van der Waals surface area contributed by atoms with E-state index in [1.807, 2.05) is 0 Å². The van der Waals surface area contributed by atoms with Crippen LogP contribution in [-0.4, -0.2) is 41.4 Å². The fraction of sp³-hybridized carbons (Fsp3) is 0.400. The summed E-state index contributed by atoms with van der Waals surface area (Å²) in [6, 6.07) is 4.68. The zero-order valence-electron chi connectivity index (χ0n) is 12.5. The number of hydrogen-bond acceptors (Lipinski definition) is 5. The molecule has 0 aliphatic carbocycles. The number of benzene rings is 1. The second kappa shape index (κ2) is 7.96. The molecule has 0 spiro atoms. The minimum absolute atomic E-state index is 0.0244. The molecule has 0 saturated carbocycles. The third-order valence-corrected chi connectivity index (χ3v) is 4.45. The summed E-state index contributed by atoms with van der Waals surface area (Å²) in [7, 11) is 0. The summed E-state index contributed by atoms with van der Waals surface area (Å²) in [5.74, 6) is -1.22. The van der Waals surface area contributed by atoms with Crippen LogP contribution < -0.4 is 10.6 Å². The molecule has 8 heteroatoms. The van der Waals surface area contributed by atoms with Crippen LogP contribution in [0.4, 0.5) is 10.1 Å². The van der Waals surface area contributed by atoms with Crippen molar-refractivity contribution in [2.24, 2.45) is 0 Å². The first kappa shape index (κ1) is 17.3. The molecule has 0 unspecified atom stereocenters. The fourth-order valence-corrected chi connectivity index (χ4v) is 3.16. The van der Waals surface area contributed by atoms with Crippen LogP contribution in [-0.2, 0) is 19.1 Å². The molecule has 124 valence electrons. The Morgan fingerprint density at radius 2 is 2.09 bits per heavy atom. The van der Waals surface area contributed by atoms with E-state index in [0.29, 0.717) is 11.4 Å². The van der Waals surface area contributed by atoms with Gasteiger partial charge in [0.1, 0.15) is 11.9 Å². The van der Waals surface area contributed by atoms with Gasteiger partial charge in [0.25, 0.3) is 0 Å². The molecule has 23 heavy (non-hydrogen) atoms. The summed E-state index contributed by atoms with van der Waals surface area (Å²) in [6.07, 6.45) is -0.0244. The molecule has 1 aliphatic heterocycles. The smallest absolute Gasteiger partial charge is 0.329 e. The first-order valence-corrected chi connectivity index (χ1v) is 8.18. The lowest BCUT2D eigenvalue weighted by molar-refractivity contribution is -0.146. The van der Waals surface area contributed by atoms with Gasteiger partial charge in [-0.2, -0.15) is 0 Å². The van der Waals surface area contributed by atoms with Gasteiger partial charge in [-0.1, -0.05) is 0 Å². The van der Waals surface area contributed by atoms with Gasteiger partial charge >= 0.3 is 5.97 Å². The monoisotopic (exact) mass is 340 g/mol. The molecule has 1 aromatic rings. The summed E-state index contributed by atoms with van der Waals surface area (Å²) in [4.78, 5) is 35.5. The number of thioether (sulfide) groups is 1. The van der Waals surface area contributed by atoms with E-state index in [-0.39, 0.29) is 24.8 Å². The summed E-state index contributed by atoms with van der Waals surface area (Å²) < 4.78 is 17.7. The van der Waals surface area contributed by atoms with Crippen LogP contribution >= 0.6 is 11.8 Å². The Hall–Kier alpha value is -2.09. The molecule has 2 N–H and O–H groups in total. The highest BCUT2D eigenvalue weighted by Crippen LogP contribution is 2.22. The number of rotatable bonds is 5. The Morgan fingerprint density at radius 1 is 1.39 bits per heavy atom. The topological polar surface area (TPSA) is 84.5 Å². The number of nitrogens with one attached hydrogen (secondary N) is 2. The molecule has 1 aliphatic rings. The van der Waals surface area contributed by atoms with Crippen LogP contribution in [0.5, 0.6) is 0 Å². The van der Waals surface area contributed by atoms with Crippen molar-refractivity contribution in [3.63, 3.8) is 0 Å². The zero-order valence-corrected chi connectivity index (χ0v) is 13.3. The highest BCUT2D eigenvalue weighted by atomic mass is 32.2. The Balaban J connectivity index is 1.84. The van der Waals surface area contributed by atoms with Gasteiger partial charge in [0.15, 0.2) is 0 Å². The number of carbonyl (C=O) groups excluding carboxylic acids is 3. The van der Waals surface area contributed by atoms with Crippen molar-refractivity contribution in [3.8, 4) is 0 Å². The predicted octanol–water partition coefficient (Wildman–Crippen LogP) is 1.32. The van der Waals surface area contributed by atoms with Gasteiger partial charge in [0, 0.05) is 17.9 Å². The maximum Gasteiger partial charge on any atom is 0.329 e. The van der Waals surface area contributed by atoms with E-state index in [2.05, 4.69) is 10.6 Å². The molecular weight excluding hydrogens is 323 g/mol. The summed E-state index contributed by atoms with van der Waals surface area (Å²) in [5.41, 5.74) is 0.460. The minimum atomic E-state index is -0.677. The van der Waals surface area contributed by atoms with E-state index in [1.165, 1.54) is 36.0 Å². The molecule has 1 aromatic carbocycles. The average Bonchev–Trinajstić information content (AvgIpc) is 2.52. The third-order valence-electron chi connectivity index (χ3n) is 3.14. The van der Waals surface area contributed by atoms with Gasteiger partial charge in [-0.25, -0.2) is 9.18 Å². The van der Waals surface area contributed by atoms with Crippen molar-refractivity contribution in [1.29, 1.82) is 0 Å². The maximum atomic E-state index is 12.8. The van der Waals surface area contributed by atoms with Gasteiger partial charge in [-0.3, -0.25) is 9.59 Å². The quantitative estimate of drug-likeness (QED) is 0.790. The highest BCUT2D eigenvalue weighted by molar-refractivity contribution is 8.00. The van der Waals surface area contributed by atoms with Crippen molar-refractivity contribution >= 4 is 35.2 Å². The van der Waals surface area contributed by atoms with Gasteiger partial charge in [-0.05, 0) is 31.2 Å². The second-order valence-electron chi connectivity index (χ2n) is 4.89. The Morgan fingerprint density at radius 3 is 2.70 bits per heavy atom. The molecule has 0 aromatic heterocycles. The highest BCUT2D eigenvalue weighted by Gasteiger charge is 2.34. The van der Waals surface area contributed by atoms with Gasteiger partial charge in [0.05, 0.1) is 11.9 Å². The first-order chi connectivity index (χ1) is 11.0. The maximum absolute atomic E-state index is 12.8. The lowest BCUT2D eigenvalue weighted by atomic mass is 10.2. The van der Waals surface area contributed by atoms with Crippen LogP contribution in [0.25, 0.3) is 0 Å². The van der Waals surface area contributed by atoms with E-state index in [1.54, 1.807) is 6.92 Å². The fourth-order valence-electron chi connectivity index (χ4n) is 2.03. The van der Waals surface area contributed by atoms with Crippen molar-refractivity contribution in [2.75, 3.05) is 17.7 Å². The second-order valence-corrected chi connectivity index (χ2v) is 6.13. The molecule has 0 radical (unpaired) electrons. The summed E-state index contributed by atoms with van der Waals surface area (Å²) in [6.45, 7) is 1.94. The standard InChI is InChI=1S/C15H17FN2O4S/c1-2-22-15(21)11-8-23-12(14(20)18-11)7-13(19)17-10-5-3-9(16)4-6-10/h3-6,11-12H,2,7-8H2,1H3,(H,17,19)(H,18,20)/t11-,12-/m0/s1. The predicted molar refractivity (Wildman–Crippen MR) is 84.5 cm³/mol. The Labute approximate surface area is 137 Å². The molecule has 2 rings (SSSR count). The molecule has 1 heterocycles. The molecule has 1 saturated heterocycles. The lowest BCUT2D eigenvalue weighted by Gasteiger charge is -2.27. The molecular formula is C15H17FN2O4S. The van der Waals surface area contributed by atoms with E-state index >= 15 is 0 Å². The van der Waals surface area contributed by atoms with Gasteiger partial charge in [-0.15, -0.1) is 11.8 Å². The molecule has 6 nitrogen and oxygen atoms in total. The van der Waals surface area contributed by atoms with Crippen LogP contribution in [0, 0.1) is 5.82 Å². The van der Waals surface area contributed by atoms with E-state index in [0.717, 1.165) is 0 Å². The van der Waals surface area contributed by atoms with E-state index in [4.69, 9.17) is 4.74 Å². The van der Waals surface area contributed by atoms with Crippen LogP contribution in [0.3, 0.4) is 0 Å². The van der Waals surface area contributed by atoms with Gasteiger partial charge in [0.2, 0.25) is 11.8 Å².